The summed E-state index contributed by atoms with van der Waals surface area (Å²) >= 11 is 1.85. The van der Waals surface area contributed by atoms with Gasteiger partial charge >= 0.3 is 0 Å². The second kappa shape index (κ2) is 36.9. The molecule has 54 heavy (non-hydrogen) atoms. The molecule has 2 aliphatic heterocycles. The summed E-state index contributed by atoms with van der Waals surface area (Å²) in [5.74, 6) is 2.05. The second-order valence-corrected chi connectivity index (χ2v) is 14.8. The molecule has 4 atom stereocenters. The van der Waals surface area contributed by atoms with E-state index in [1.807, 2.05) is 53.6 Å². The fourth-order valence-electron chi connectivity index (χ4n) is 5.60. The van der Waals surface area contributed by atoms with Gasteiger partial charge in [0.05, 0.1) is 12.6 Å². The average Bonchev–Trinajstić information content (AvgIpc) is 4.01. The zero-order valence-electron chi connectivity index (χ0n) is 35.6. The highest BCUT2D eigenvalue weighted by atomic mass is 32.2. The molecule has 12 heteroatoms. The number of hydrogen-bond donors (Lipinski definition) is 4. The number of carbonyl (C=O) groups is 5. The zero-order valence-corrected chi connectivity index (χ0v) is 36.4. The van der Waals surface area contributed by atoms with Crippen LogP contribution in [0.2, 0.25) is 0 Å². The minimum atomic E-state index is -0.530. The van der Waals surface area contributed by atoms with Gasteiger partial charge in [0, 0.05) is 24.9 Å². The third-order valence-electron chi connectivity index (χ3n) is 8.57. The number of hydrogen-bond acceptors (Lipinski definition) is 9. The number of nitrogens with one attached hydrogen (secondary N) is 3. The molecule has 4 N–H and O–H groups in total. The maximum atomic E-state index is 12.1. The van der Waals surface area contributed by atoms with Crippen molar-refractivity contribution in [1.29, 1.82) is 0 Å². The first kappa shape index (κ1) is 55.3. The van der Waals surface area contributed by atoms with E-state index < -0.39 is 6.04 Å². The van der Waals surface area contributed by atoms with E-state index in [0.717, 1.165) is 62.0 Å². The van der Waals surface area contributed by atoms with E-state index in [9.17, 15) is 19.2 Å². The Kier molecular flexibility index (Phi) is 37.8. The van der Waals surface area contributed by atoms with Crippen molar-refractivity contribution in [3.63, 3.8) is 0 Å². The van der Waals surface area contributed by atoms with Crippen molar-refractivity contribution in [3.05, 3.63) is 47.5 Å². The molecular weight excluding hydrogens is 703 g/mol. The number of rotatable bonds is 12. The first-order chi connectivity index (χ1) is 25.9. The van der Waals surface area contributed by atoms with Gasteiger partial charge in [-0.3, -0.25) is 24.0 Å². The van der Waals surface area contributed by atoms with Crippen LogP contribution in [-0.4, -0.2) is 97.8 Å². The van der Waals surface area contributed by atoms with Gasteiger partial charge in [-0.2, -0.15) is 0 Å². The van der Waals surface area contributed by atoms with Crippen molar-refractivity contribution in [3.8, 4) is 0 Å². The molecule has 1 saturated heterocycles. The van der Waals surface area contributed by atoms with Crippen LogP contribution in [0.1, 0.15) is 117 Å². The fourth-order valence-corrected chi connectivity index (χ4v) is 6.31. The molecule has 1 aromatic carbocycles. The molecule has 3 unspecified atom stereocenters. The molecule has 1 aromatic rings. The van der Waals surface area contributed by atoms with Crippen LogP contribution in [0.5, 0.6) is 0 Å². The molecule has 3 fully saturated rings. The molecule has 0 bridgehead atoms. The lowest BCUT2D eigenvalue weighted by Crippen LogP contribution is -2.50. The summed E-state index contributed by atoms with van der Waals surface area (Å²) in [6.07, 6.45) is 13.9. The van der Waals surface area contributed by atoms with Gasteiger partial charge < -0.3 is 30.2 Å². The Balaban J connectivity index is -0.000000604. The lowest BCUT2D eigenvalue weighted by molar-refractivity contribution is -0.138. The maximum absolute atomic E-state index is 12.1. The molecule has 0 spiro atoms. The van der Waals surface area contributed by atoms with Gasteiger partial charge in [-0.1, -0.05) is 97.5 Å². The Morgan fingerprint density at radius 3 is 2.02 bits per heavy atom. The number of nitrogens with zero attached hydrogens (tertiary/aromatic N) is 2. The summed E-state index contributed by atoms with van der Waals surface area (Å²) in [5, 5.41) is 13.0. The van der Waals surface area contributed by atoms with E-state index in [1.165, 1.54) is 43.2 Å². The Hall–Kier alpha value is -3.06. The third-order valence-corrected chi connectivity index (χ3v) is 9.61. The third kappa shape index (κ3) is 26.7. The number of benzene rings is 1. The molecule has 2 saturated carbocycles. The summed E-state index contributed by atoms with van der Waals surface area (Å²) in [6.45, 7) is 22.9. The van der Waals surface area contributed by atoms with Crippen LogP contribution in [0.3, 0.4) is 0 Å². The predicted molar refractivity (Wildman–Crippen MR) is 227 cm³/mol. The minimum absolute atomic E-state index is 0.0191. The van der Waals surface area contributed by atoms with Gasteiger partial charge in [0.1, 0.15) is 18.6 Å². The number of likely N-dealkylation sites (N-methyl/N-ethyl adjacent to an activating group) is 1. The van der Waals surface area contributed by atoms with Crippen molar-refractivity contribution in [2.24, 2.45) is 17.8 Å². The van der Waals surface area contributed by atoms with Gasteiger partial charge in [-0.25, -0.2) is 0 Å². The highest BCUT2D eigenvalue weighted by Gasteiger charge is 2.34. The summed E-state index contributed by atoms with van der Waals surface area (Å²) in [4.78, 5) is 55.0. The minimum Gasteiger partial charge on any atom is -0.483 e. The molecule has 5 rings (SSSR count). The first-order valence-electron chi connectivity index (χ1n) is 19.7. The standard InChI is InChI=1S/C11H18N2O3.C11H15N.C7H14.C4H9NS.C3H7NO.C3H6.C2H6.CH2O2/c1-8(2)10(12-7-15)11(16)13-5-3-4-9(13)6-14;1-3-9-5-4-6-10-7-12(2)8-11(9)10;1-3-4-7-5-6(7)2;1-5-6-4-2-3-4;1-4-2-3-5;1-3-2;1-2;2-1-3/h6-10H,3-5H2,1-2H3,(H,12,15);4-6H,3,7-8H2,1-2H3;6-7H,3-5H2,1-2H3;4-5H,2-3H2,1H3;3-4H,2H2,1H3;3H,1H2,2H3;1-2H3;1H,(H,2,3)/t9?,10-;;;;;;;/m0......./s1. The van der Waals surface area contributed by atoms with Crippen LogP contribution in [-0.2, 0) is 43.5 Å². The van der Waals surface area contributed by atoms with Crippen LogP contribution in [0.4, 0.5) is 0 Å². The monoisotopic (exact) mass is 780 g/mol. The Labute approximate surface area is 333 Å². The molecule has 0 radical (unpaired) electrons. The summed E-state index contributed by atoms with van der Waals surface area (Å²) in [5.41, 5.74) is 4.62. The highest BCUT2D eigenvalue weighted by Crippen LogP contribution is 2.41. The quantitative estimate of drug-likeness (QED) is 0.100. The van der Waals surface area contributed by atoms with Gasteiger partial charge in [-0.05, 0) is 101 Å². The molecule has 2 aliphatic carbocycles. The molecule has 11 nitrogen and oxygen atoms in total. The molecule has 4 aliphatic rings. The molecular formula is C42H77N5O6S. The van der Waals surface area contributed by atoms with Gasteiger partial charge in [0.25, 0.3) is 6.47 Å². The Bertz CT molecular complexity index is 1110. The number of likely N-dealkylation sites (tertiary alicyclic amines) is 1. The molecule has 0 aromatic heterocycles. The number of aryl methyl sites for hydroxylation is 1. The number of aldehydes is 2. The fraction of sp³-hybridized carbons (Fsp3) is 0.690. The molecule has 2 amide bonds. The molecule has 312 valence electrons. The van der Waals surface area contributed by atoms with Crippen LogP contribution in [0, 0.1) is 17.8 Å². The lowest BCUT2D eigenvalue weighted by atomic mass is 10.0. The number of amides is 2. The zero-order chi connectivity index (χ0) is 41.9. The van der Waals surface area contributed by atoms with Gasteiger partial charge in [-0.15, -0.1) is 6.58 Å². The van der Waals surface area contributed by atoms with E-state index in [4.69, 9.17) is 9.90 Å². The van der Waals surface area contributed by atoms with Crippen LogP contribution in [0.15, 0.2) is 30.9 Å². The number of carboxylic acid groups (broad SMARTS) is 1. The number of allylic oxidation sites excluding steroid dienone is 1. The van der Waals surface area contributed by atoms with Crippen LogP contribution >= 0.6 is 11.9 Å². The van der Waals surface area contributed by atoms with Gasteiger partial charge in [0.15, 0.2) is 0 Å². The average molecular weight is 780 g/mol. The maximum Gasteiger partial charge on any atom is 0.290 e. The van der Waals surface area contributed by atoms with E-state index in [-0.39, 0.29) is 24.3 Å². The van der Waals surface area contributed by atoms with Crippen molar-refractivity contribution in [2.45, 2.75) is 137 Å². The number of fused-ring (bicyclic) bond motifs is 1. The topological polar surface area (TPSA) is 148 Å². The van der Waals surface area contributed by atoms with Crippen LogP contribution in [0.25, 0.3) is 0 Å². The smallest absolute Gasteiger partial charge is 0.290 e. The van der Waals surface area contributed by atoms with Crippen molar-refractivity contribution in [2.75, 3.05) is 34.2 Å². The Morgan fingerprint density at radius 1 is 1.07 bits per heavy atom. The van der Waals surface area contributed by atoms with E-state index in [1.54, 1.807) is 23.6 Å². The first-order valence-corrected chi connectivity index (χ1v) is 20.6. The van der Waals surface area contributed by atoms with Crippen molar-refractivity contribution in [1.82, 2.24) is 25.2 Å². The van der Waals surface area contributed by atoms with Crippen molar-refractivity contribution >= 4 is 43.3 Å². The lowest BCUT2D eigenvalue weighted by Gasteiger charge is -2.27. The normalized spacial score (nSPS) is 18.8. The number of carbonyl (C=O) groups excluding carboxylic acids is 4. The molecule has 2 heterocycles. The summed E-state index contributed by atoms with van der Waals surface area (Å²) in [6, 6.07) is 5.83. The van der Waals surface area contributed by atoms with Crippen molar-refractivity contribution < 1.29 is 29.1 Å². The SMILES string of the molecule is C=CC.CC.CC(C)[C@H](NC=O)C(=O)N1CCCC1C=O.CCCC1CC1C.CCc1cccc2c1CN(C)C2.CNCC=O.CNSC1CC1.O=CO. The van der Waals surface area contributed by atoms with E-state index >= 15 is 0 Å². The van der Waals surface area contributed by atoms with E-state index in [0.29, 0.717) is 19.5 Å². The van der Waals surface area contributed by atoms with Gasteiger partial charge in [0.2, 0.25) is 12.3 Å². The van der Waals surface area contributed by atoms with Crippen LogP contribution < -0.4 is 15.4 Å². The summed E-state index contributed by atoms with van der Waals surface area (Å²) in [7, 11) is 5.89. The summed E-state index contributed by atoms with van der Waals surface area (Å²) < 4.78 is 3.05. The Morgan fingerprint density at radius 2 is 1.67 bits per heavy atom. The second-order valence-electron chi connectivity index (χ2n) is 13.5. The van der Waals surface area contributed by atoms with E-state index in [2.05, 4.69) is 72.9 Å². The largest absolute Gasteiger partial charge is 0.483 e. The highest BCUT2D eigenvalue weighted by molar-refractivity contribution is 7.98. The predicted octanol–water partition coefficient (Wildman–Crippen LogP) is 6.92.